The largest absolute Gasteiger partial charge is 0.394 e. The molecule has 0 aliphatic heterocycles. The number of carbonyl (C=O) groups is 1. The van der Waals surface area contributed by atoms with Crippen LogP contribution >= 0.6 is 23.2 Å². The summed E-state index contributed by atoms with van der Waals surface area (Å²) in [5, 5.41) is 13.6. The van der Waals surface area contributed by atoms with Crippen molar-refractivity contribution in [2.45, 2.75) is 44.6 Å². The number of amides is 1. The predicted octanol–water partition coefficient (Wildman–Crippen LogP) is 3.76. The fourth-order valence-electron chi connectivity index (χ4n) is 2.64. The summed E-state index contributed by atoms with van der Waals surface area (Å²) in [5.74, 6) is 0.181. The summed E-state index contributed by atoms with van der Waals surface area (Å²) >= 11 is 11.9. The number of halogens is 2. The Morgan fingerprint density at radius 2 is 2.00 bits per heavy atom. The molecule has 2 atom stereocenters. The van der Waals surface area contributed by atoms with Crippen LogP contribution in [0.4, 0.5) is 0 Å². The van der Waals surface area contributed by atoms with E-state index in [1.54, 1.807) is 6.07 Å². The van der Waals surface area contributed by atoms with E-state index in [-0.39, 0.29) is 24.3 Å². The van der Waals surface area contributed by atoms with Crippen LogP contribution in [0, 0.1) is 5.92 Å². The lowest BCUT2D eigenvalue weighted by Gasteiger charge is -2.30. The van der Waals surface area contributed by atoms with Gasteiger partial charge in [0, 0.05) is 5.92 Å². The third kappa shape index (κ3) is 3.53. The highest BCUT2D eigenvalue weighted by atomic mass is 35.5. The molecule has 1 aromatic rings. The van der Waals surface area contributed by atoms with Gasteiger partial charge in [-0.25, -0.2) is 0 Å². The van der Waals surface area contributed by atoms with Crippen molar-refractivity contribution in [2.75, 3.05) is 6.61 Å². The molecule has 1 aliphatic carbocycles. The second kappa shape index (κ2) is 6.55. The first-order chi connectivity index (χ1) is 9.96. The van der Waals surface area contributed by atoms with E-state index >= 15 is 0 Å². The van der Waals surface area contributed by atoms with Crippen LogP contribution in [-0.4, -0.2) is 23.2 Å². The first kappa shape index (κ1) is 16.6. The van der Waals surface area contributed by atoms with E-state index in [0.717, 1.165) is 24.8 Å². The summed E-state index contributed by atoms with van der Waals surface area (Å²) in [6.45, 7) is 3.92. The number of benzene rings is 1. The smallest absolute Gasteiger partial charge is 0.224 e. The molecule has 0 spiro atoms. The number of aliphatic hydroxyl groups excluding tert-OH is 1. The molecule has 0 bridgehead atoms. The van der Waals surface area contributed by atoms with Gasteiger partial charge in [-0.2, -0.15) is 0 Å². The van der Waals surface area contributed by atoms with Crippen LogP contribution < -0.4 is 5.32 Å². The molecule has 2 N–H and O–H groups in total. The number of rotatable bonds is 6. The van der Waals surface area contributed by atoms with Crippen molar-refractivity contribution in [2.24, 2.45) is 5.92 Å². The average Bonchev–Trinajstić information content (AvgIpc) is 3.28. The molecule has 3 nitrogen and oxygen atoms in total. The number of carbonyl (C=O) groups excluding carboxylic acids is 1. The molecule has 116 valence electrons. The second-order valence-corrected chi connectivity index (χ2v) is 6.57. The Kier molecular flexibility index (Phi) is 5.18. The van der Waals surface area contributed by atoms with Crippen LogP contribution in [0.1, 0.15) is 44.6 Å². The van der Waals surface area contributed by atoms with Crippen molar-refractivity contribution < 1.29 is 9.90 Å². The monoisotopic (exact) mass is 329 g/mol. The maximum absolute atomic E-state index is 12.4. The van der Waals surface area contributed by atoms with Gasteiger partial charge in [0.2, 0.25) is 5.91 Å². The van der Waals surface area contributed by atoms with E-state index in [1.165, 1.54) is 0 Å². The highest BCUT2D eigenvalue weighted by Gasteiger charge is 2.45. The van der Waals surface area contributed by atoms with Crippen LogP contribution in [-0.2, 0) is 4.79 Å². The van der Waals surface area contributed by atoms with Crippen LogP contribution in [0.3, 0.4) is 0 Å². The number of hydrogen-bond acceptors (Lipinski definition) is 2. The molecule has 1 amide bonds. The van der Waals surface area contributed by atoms with Gasteiger partial charge in [-0.15, -0.1) is 0 Å². The summed E-state index contributed by atoms with van der Waals surface area (Å²) in [5.41, 5.74) is 0.550. The van der Waals surface area contributed by atoms with Gasteiger partial charge in [0.1, 0.15) is 0 Å². The Bertz CT molecular complexity index is 521. The summed E-state index contributed by atoms with van der Waals surface area (Å²) in [6, 6.07) is 5.52. The Labute approximate surface area is 135 Å². The number of aliphatic hydroxyl groups is 1. The van der Waals surface area contributed by atoms with Crippen molar-refractivity contribution in [1.29, 1.82) is 0 Å². The minimum atomic E-state index is -0.498. The lowest BCUT2D eigenvalue weighted by atomic mass is 9.93. The van der Waals surface area contributed by atoms with Gasteiger partial charge >= 0.3 is 0 Å². The number of nitrogens with one attached hydrogen (secondary N) is 1. The first-order valence-corrected chi connectivity index (χ1v) is 8.09. The molecule has 21 heavy (non-hydrogen) atoms. The lowest BCUT2D eigenvalue weighted by Crippen LogP contribution is -2.51. The number of hydrogen-bond donors (Lipinski definition) is 2. The maximum Gasteiger partial charge on any atom is 0.224 e. The molecule has 0 aromatic heterocycles. The van der Waals surface area contributed by atoms with Crippen molar-refractivity contribution >= 4 is 29.1 Å². The molecule has 1 aromatic carbocycles. The summed E-state index contributed by atoms with van der Waals surface area (Å²) < 4.78 is 0. The Hall–Kier alpha value is -0.770. The molecule has 1 saturated carbocycles. The third-order valence-electron chi connectivity index (χ3n) is 4.54. The fraction of sp³-hybridized carbons (Fsp3) is 0.562. The molecule has 1 fully saturated rings. The zero-order chi connectivity index (χ0) is 15.6. The van der Waals surface area contributed by atoms with E-state index < -0.39 is 5.54 Å². The summed E-state index contributed by atoms with van der Waals surface area (Å²) in [6.07, 6.45) is 2.25. The third-order valence-corrected chi connectivity index (χ3v) is 5.28. The Morgan fingerprint density at radius 3 is 2.52 bits per heavy atom. The molecule has 5 heteroatoms. The quantitative estimate of drug-likeness (QED) is 0.834. The minimum absolute atomic E-state index is 0.0174. The molecular formula is C16H21Cl2NO2. The fourth-order valence-corrected chi connectivity index (χ4v) is 2.95. The van der Waals surface area contributed by atoms with Gasteiger partial charge in [-0.3, -0.25) is 4.79 Å². The average molecular weight is 330 g/mol. The highest BCUT2D eigenvalue weighted by molar-refractivity contribution is 6.42. The van der Waals surface area contributed by atoms with Gasteiger partial charge in [0.25, 0.3) is 0 Å². The van der Waals surface area contributed by atoms with E-state index in [9.17, 15) is 9.90 Å². The minimum Gasteiger partial charge on any atom is -0.394 e. The van der Waals surface area contributed by atoms with Crippen molar-refractivity contribution in [1.82, 2.24) is 5.32 Å². The van der Waals surface area contributed by atoms with Gasteiger partial charge in [-0.05, 0) is 42.9 Å². The van der Waals surface area contributed by atoms with Crippen molar-refractivity contribution in [3.8, 4) is 0 Å². The van der Waals surface area contributed by atoms with E-state index in [0.29, 0.717) is 10.0 Å². The molecule has 0 heterocycles. The van der Waals surface area contributed by atoms with Gasteiger partial charge in [0.05, 0.1) is 22.2 Å². The zero-order valence-corrected chi connectivity index (χ0v) is 13.8. The lowest BCUT2D eigenvalue weighted by molar-refractivity contribution is -0.125. The van der Waals surface area contributed by atoms with Crippen LogP contribution in [0.25, 0.3) is 0 Å². The van der Waals surface area contributed by atoms with E-state index in [2.05, 4.69) is 5.32 Å². The van der Waals surface area contributed by atoms with Gasteiger partial charge in [0.15, 0.2) is 0 Å². The predicted molar refractivity (Wildman–Crippen MR) is 85.9 cm³/mol. The molecule has 0 unspecified atom stereocenters. The SMILES string of the molecule is CCC(CC)(CO)NC(=O)[C@H]1C[C@@H]1c1ccc(Cl)c(Cl)c1. The maximum atomic E-state index is 12.4. The summed E-state index contributed by atoms with van der Waals surface area (Å²) in [4.78, 5) is 12.4. The Morgan fingerprint density at radius 1 is 1.33 bits per heavy atom. The van der Waals surface area contributed by atoms with Gasteiger partial charge in [-0.1, -0.05) is 43.1 Å². The molecule has 0 radical (unpaired) electrons. The zero-order valence-electron chi connectivity index (χ0n) is 12.3. The molecule has 1 aliphatic rings. The van der Waals surface area contributed by atoms with E-state index in [4.69, 9.17) is 23.2 Å². The van der Waals surface area contributed by atoms with Crippen LogP contribution in [0.5, 0.6) is 0 Å². The van der Waals surface area contributed by atoms with Crippen molar-refractivity contribution in [3.05, 3.63) is 33.8 Å². The molecule has 2 rings (SSSR count). The van der Waals surface area contributed by atoms with E-state index in [1.807, 2.05) is 26.0 Å². The highest BCUT2D eigenvalue weighted by Crippen LogP contribution is 2.48. The van der Waals surface area contributed by atoms with Crippen molar-refractivity contribution in [3.63, 3.8) is 0 Å². The second-order valence-electron chi connectivity index (χ2n) is 5.76. The first-order valence-electron chi connectivity index (χ1n) is 7.34. The Balaban J connectivity index is 2.02. The van der Waals surface area contributed by atoms with Crippen LogP contribution in [0.2, 0.25) is 10.0 Å². The molecule has 0 saturated heterocycles. The van der Waals surface area contributed by atoms with Gasteiger partial charge < -0.3 is 10.4 Å². The summed E-state index contributed by atoms with van der Waals surface area (Å²) in [7, 11) is 0. The topological polar surface area (TPSA) is 49.3 Å². The van der Waals surface area contributed by atoms with Crippen LogP contribution in [0.15, 0.2) is 18.2 Å². The molecular weight excluding hydrogens is 309 g/mol. The standard InChI is InChI=1S/C16H21Cl2NO2/c1-3-16(4-2,9-20)19-15(21)12-8-11(12)10-5-6-13(17)14(18)7-10/h5-7,11-12,20H,3-4,8-9H2,1-2H3,(H,19,21)/t11-,12+/m1/s1. The normalized spacial score (nSPS) is 21.2.